The molecule has 4 N–H and O–H groups in total. The highest BCUT2D eigenvalue weighted by Crippen LogP contribution is 2.45. The van der Waals surface area contributed by atoms with Crippen LogP contribution in [0.4, 0.5) is 10.7 Å². The number of carbonyl (C=O) groups is 1. The van der Waals surface area contributed by atoms with Crippen LogP contribution >= 0.6 is 23.1 Å². The van der Waals surface area contributed by atoms with Crippen LogP contribution < -0.4 is 21.1 Å². The minimum Gasteiger partial charge on any atom is -0.492 e. The molecule has 0 aromatic carbocycles. The van der Waals surface area contributed by atoms with Crippen LogP contribution in [-0.2, 0) is 0 Å². The van der Waals surface area contributed by atoms with Crippen LogP contribution in [0.2, 0.25) is 0 Å². The van der Waals surface area contributed by atoms with E-state index in [1.807, 2.05) is 11.8 Å². The van der Waals surface area contributed by atoms with Crippen molar-refractivity contribution in [3.63, 3.8) is 0 Å². The second kappa shape index (κ2) is 5.92. The number of thioether (sulfide) groups is 1. The number of hydrogen-bond acceptors (Lipinski definition) is 6. The first-order valence-corrected chi connectivity index (χ1v) is 8.07. The maximum atomic E-state index is 11.4. The molecule has 2 rings (SSSR count). The first-order valence-electron chi connectivity index (χ1n) is 6.21. The second-order valence-corrected chi connectivity index (χ2v) is 6.80. The number of anilines is 2. The number of amides is 1. The minimum absolute atomic E-state index is 0.362. The van der Waals surface area contributed by atoms with Gasteiger partial charge in [-0.25, -0.2) is 0 Å². The fourth-order valence-electron chi connectivity index (χ4n) is 2.16. The number of primary amides is 1. The predicted molar refractivity (Wildman–Crippen MR) is 82.6 cm³/mol. The predicted octanol–water partition coefficient (Wildman–Crippen LogP) is 1.77. The minimum atomic E-state index is -0.495. The Morgan fingerprint density at radius 3 is 2.89 bits per heavy atom. The van der Waals surface area contributed by atoms with Gasteiger partial charge in [0, 0.05) is 24.1 Å². The molecular formula is C12H19N3O2S2. The van der Waals surface area contributed by atoms with Crippen LogP contribution in [-0.4, -0.2) is 37.1 Å². The van der Waals surface area contributed by atoms with Gasteiger partial charge in [-0.15, -0.1) is 11.3 Å². The third kappa shape index (κ3) is 2.76. The Hall–Kier alpha value is -1.08. The lowest BCUT2D eigenvalue weighted by Gasteiger charge is -2.32. The van der Waals surface area contributed by atoms with Crippen molar-refractivity contribution < 1.29 is 9.53 Å². The zero-order valence-corrected chi connectivity index (χ0v) is 12.8. The molecule has 5 nitrogen and oxygen atoms in total. The molecule has 1 fully saturated rings. The van der Waals surface area contributed by atoms with Crippen molar-refractivity contribution >= 4 is 39.7 Å². The van der Waals surface area contributed by atoms with E-state index in [0.717, 1.165) is 30.3 Å². The number of thiophene rings is 1. The molecule has 7 heteroatoms. The Balaban J connectivity index is 2.33. The zero-order valence-electron chi connectivity index (χ0n) is 11.1. The van der Waals surface area contributed by atoms with E-state index < -0.39 is 5.91 Å². The van der Waals surface area contributed by atoms with E-state index in [2.05, 4.69) is 11.8 Å². The van der Waals surface area contributed by atoms with Gasteiger partial charge in [-0.2, -0.15) is 11.8 Å². The smallest absolute Gasteiger partial charge is 0.261 e. The first-order chi connectivity index (χ1) is 9.08. The third-order valence-corrected chi connectivity index (χ3v) is 5.83. The van der Waals surface area contributed by atoms with Gasteiger partial charge in [-0.1, -0.05) is 6.92 Å². The Bertz CT molecular complexity index is 476. The molecule has 2 heterocycles. The van der Waals surface area contributed by atoms with Gasteiger partial charge in [0.2, 0.25) is 0 Å². The highest BCUT2D eigenvalue weighted by Gasteiger charge is 2.27. The molecule has 0 spiro atoms. The summed E-state index contributed by atoms with van der Waals surface area (Å²) in [5, 5.41) is 1.53. The van der Waals surface area contributed by atoms with Gasteiger partial charge >= 0.3 is 0 Å². The van der Waals surface area contributed by atoms with Crippen molar-refractivity contribution in [2.75, 3.05) is 36.6 Å². The zero-order chi connectivity index (χ0) is 14.0. The van der Waals surface area contributed by atoms with Crippen molar-refractivity contribution in [3.8, 4) is 5.75 Å². The number of carbonyl (C=O) groups excluding carboxylic acids is 1. The summed E-state index contributed by atoms with van der Waals surface area (Å²) >= 11 is 3.32. The molecule has 19 heavy (non-hydrogen) atoms. The third-order valence-electron chi connectivity index (χ3n) is 3.19. The van der Waals surface area contributed by atoms with E-state index in [0.29, 0.717) is 21.6 Å². The molecule has 1 atom stereocenters. The Labute approximate surface area is 121 Å². The van der Waals surface area contributed by atoms with E-state index in [9.17, 15) is 4.79 Å². The summed E-state index contributed by atoms with van der Waals surface area (Å²) in [6.45, 7) is 4.08. The highest BCUT2D eigenvalue weighted by molar-refractivity contribution is 8.00. The van der Waals surface area contributed by atoms with Crippen molar-refractivity contribution in [2.45, 2.75) is 18.6 Å². The monoisotopic (exact) mass is 301 g/mol. The maximum Gasteiger partial charge on any atom is 0.261 e. The summed E-state index contributed by atoms with van der Waals surface area (Å²) < 4.78 is 5.36. The average Bonchev–Trinajstić information content (AvgIpc) is 2.75. The molecule has 0 bridgehead atoms. The maximum absolute atomic E-state index is 11.4. The van der Waals surface area contributed by atoms with Crippen LogP contribution in [0.15, 0.2) is 0 Å². The lowest BCUT2D eigenvalue weighted by molar-refractivity contribution is 0.100. The van der Waals surface area contributed by atoms with Gasteiger partial charge < -0.3 is 21.1 Å². The van der Waals surface area contributed by atoms with Crippen LogP contribution in [0, 0.1) is 0 Å². The molecule has 1 aromatic rings. The second-order valence-electron chi connectivity index (χ2n) is 4.39. The molecule has 1 unspecified atom stereocenters. The quantitative estimate of drug-likeness (QED) is 0.886. The van der Waals surface area contributed by atoms with Crippen LogP contribution in [0.3, 0.4) is 0 Å². The standard InChI is InChI=1S/C12H19N3O2S2/c1-3-7-6-15(4-5-18-7)12-9(17-2)8(13)10(19-12)11(14)16/h7H,3-6,13H2,1-2H3,(H2,14,16). The number of nitrogen functional groups attached to an aromatic ring is 1. The molecule has 1 aliphatic heterocycles. The summed E-state index contributed by atoms with van der Waals surface area (Å²) in [6, 6.07) is 0. The van der Waals surface area contributed by atoms with Crippen LogP contribution in [0.5, 0.6) is 5.75 Å². The van der Waals surface area contributed by atoms with Gasteiger partial charge in [0.15, 0.2) is 5.75 Å². The lowest BCUT2D eigenvalue weighted by atomic mass is 10.3. The molecule has 1 aliphatic rings. The molecule has 0 radical (unpaired) electrons. The molecule has 1 aromatic heterocycles. The van der Waals surface area contributed by atoms with Gasteiger partial charge in [-0.3, -0.25) is 4.79 Å². The van der Waals surface area contributed by atoms with E-state index in [1.165, 1.54) is 11.3 Å². The number of methoxy groups -OCH3 is 1. The van der Waals surface area contributed by atoms with Crippen LogP contribution in [0.1, 0.15) is 23.0 Å². The van der Waals surface area contributed by atoms with E-state index in [1.54, 1.807) is 7.11 Å². The van der Waals surface area contributed by atoms with Gasteiger partial charge in [0.25, 0.3) is 5.91 Å². The summed E-state index contributed by atoms with van der Waals surface area (Å²) in [7, 11) is 1.57. The van der Waals surface area contributed by atoms with Crippen molar-refractivity contribution in [2.24, 2.45) is 5.73 Å². The molecule has 1 saturated heterocycles. The molecule has 0 saturated carbocycles. The van der Waals surface area contributed by atoms with Gasteiger partial charge in [-0.05, 0) is 6.42 Å². The number of nitrogens with zero attached hydrogens (tertiary/aromatic N) is 1. The first kappa shape index (κ1) is 14.3. The van der Waals surface area contributed by atoms with E-state index in [-0.39, 0.29) is 0 Å². The largest absolute Gasteiger partial charge is 0.492 e. The number of nitrogens with two attached hydrogens (primary N) is 2. The Morgan fingerprint density at radius 2 is 2.32 bits per heavy atom. The van der Waals surface area contributed by atoms with Gasteiger partial charge in [0.05, 0.1) is 7.11 Å². The van der Waals surface area contributed by atoms with E-state index in [4.69, 9.17) is 16.2 Å². The Morgan fingerprint density at radius 1 is 1.58 bits per heavy atom. The number of ether oxygens (including phenoxy) is 1. The van der Waals surface area contributed by atoms with E-state index >= 15 is 0 Å². The van der Waals surface area contributed by atoms with Crippen LogP contribution in [0.25, 0.3) is 0 Å². The van der Waals surface area contributed by atoms with Crippen molar-refractivity contribution in [3.05, 3.63) is 4.88 Å². The molecular weight excluding hydrogens is 282 g/mol. The normalized spacial score (nSPS) is 19.5. The van der Waals surface area contributed by atoms with Crippen molar-refractivity contribution in [1.29, 1.82) is 0 Å². The number of hydrogen-bond donors (Lipinski definition) is 2. The van der Waals surface area contributed by atoms with Crippen molar-refractivity contribution in [1.82, 2.24) is 0 Å². The lowest BCUT2D eigenvalue weighted by Crippen LogP contribution is -2.37. The molecule has 1 amide bonds. The van der Waals surface area contributed by atoms with Gasteiger partial charge in [0.1, 0.15) is 15.6 Å². The molecule has 0 aliphatic carbocycles. The molecule has 106 valence electrons. The fraction of sp³-hybridized carbons (Fsp3) is 0.583. The summed E-state index contributed by atoms with van der Waals surface area (Å²) in [5.41, 5.74) is 11.7. The highest BCUT2D eigenvalue weighted by atomic mass is 32.2. The fourth-order valence-corrected chi connectivity index (χ4v) is 4.41. The average molecular weight is 301 g/mol. The SMILES string of the molecule is CCC1CN(c2sc(C(N)=O)c(N)c2OC)CCS1. The Kier molecular flexibility index (Phi) is 4.46. The summed E-state index contributed by atoms with van der Waals surface area (Å²) in [4.78, 5) is 14.0. The summed E-state index contributed by atoms with van der Waals surface area (Å²) in [6.07, 6.45) is 1.13. The topological polar surface area (TPSA) is 81.6 Å². The number of rotatable bonds is 4. The summed E-state index contributed by atoms with van der Waals surface area (Å²) in [5.74, 6) is 1.16.